The minimum absolute atomic E-state index is 0.286. The van der Waals surface area contributed by atoms with Crippen LogP contribution >= 0.6 is 0 Å². The zero-order valence-electron chi connectivity index (χ0n) is 8.91. The fourth-order valence-electron chi connectivity index (χ4n) is 1.11. The van der Waals surface area contributed by atoms with Gasteiger partial charge in [0, 0.05) is 12.4 Å². The predicted octanol–water partition coefficient (Wildman–Crippen LogP) is 1.80. The van der Waals surface area contributed by atoms with E-state index < -0.39 is 0 Å². The Morgan fingerprint density at radius 1 is 1.00 bits per heavy atom. The smallest absolute Gasteiger partial charge is 0.221 e. The van der Waals surface area contributed by atoms with E-state index in [2.05, 4.69) is 4.98 Å². The van der Waals surface area contributed by atoms with Crippen molar-refractivity contribution in [1.29, 1.82) is 0 Å². The van der Waals surface area contributed by atoms with E-state index in [1.54, 1.807) is 12.4 Å². The van der Waals surface area contributed by atoms with Gasteiger partial charge in [0.2, 0.25) is 5.91 Å². The van der Waals surface area contributed by atoms with Crippen LogP contribution in [0.15, 0.2) is 60.9 Å². The number of carbonyl (C=O) groups excluding carboxylic acids is 1. The fraction of sp³-hybridized carbons (Fsp3) is 0.0769. The summed E-state index contributed by atoms with van der Waals surface area (Å²) in [4.78, 5) is 14.2. The molecule has 0 aliphatic carbocycles. The predicted molar refractivity (Wildman–Crippen MR) is 63.6 cm³/mol. The average Bonchev–Trinajstić information content (AvgIpc) is 2.32. The van der Waals surface area contributed by atoms with Crippen LogP contribution in [0.25, 0.3) is 0 Å². The van der Waals surface area contributed by atoms with Crippen LogP contribution < -0.4 is 5.73 Å². The number of hydrogen-bond acceptors (Lipinski definition) is 2. The lowest BCUT2D eigenvalue weighted by atomic mass is 10.1. The highest BCUT2D eigenvalue weighted by Gasteiger charge is 1.94. The molecule has 1 heterocycles. The van der Waals surface area contributed by atoms with E-state index in [0.717, 1.165) is 5.56 Å². The molecule has 0 radical (unpaired) electrons. The van der Waals surface area contributed by atoms with Gasteiger partial charge in [-0.25, -0.2) is 0 Å². The molecule has 0 bridgehead atoms. The number of amides is 1. The van der Waals surface area contributed by atoms with Crippen LogP contribution in [0.5, 0.6) is 0 Å². The lowest BCUT2D eigenvalue weighted by Crippen LogP contribution is -2.13. The first-order valence-electron chi connectivity index (χ1n) is 4.96. The molecule has 0 unspecified atom stereocenters. The van der Waals surface area contributed by atoms with Crippen molar-refractivity contribution in [3.8, 4) is 0 Å². The maximum Gasteiger partial charge on any atom is 0.221 e. The van der Waals surface area contributed by atoms with E-state index in [-0.39, 0.29) is 5.91 Å². The van der Waals surface area contributed by atoms with Crippen molar-refractivity contribution in [2.75, 3.05) is 0 Å². The normalized spacial score (nSPS) is 8.75. The Morgan fingerprint density at radius 3 is 1.94 bits per heavy atom. The van der Waals surface area contributed by atoms with Gasteiger partial charge in [-0.1, -0.05) is 36.4 Å². The molecule has 2 N–H and O–H groups in total. The van der Waals surface area contributed by atoms with Crippen molar-refractivity contribution in [3.05, 3.63) is 66.5 Å². The van der Waals surface area contributed by atoms with E-state index >= 15 is 0 Å². The maximum atomic E-state index is 10.4. The summed E-state index contributed by atoms with van der Waals surface area (Å²) in [6.07, 6.45) is 3.83. The third-order valence-corrected chi connectivity index (χ3v) is 1.79. The van der Waals surface area contributed by atoms with Crippen molar-refractivity contribution in [2.24, 2.45) is 5.73 Å². The third kappa shape index (κ3) is 5.54. The number of nitrogens with two attached hydrogens (primary N) is 1. The molecule has 0 aliphatic rings. The molecule has 3 nitrogen and oxygen atoms in total. The summed E-state index contributed by atoms with van der Waals surface area (Å²) in [6.45, 7) is 0. The Bertz CT molecular complexity index is 374. The van der Waals surface area contributed by atoms with Gasteiger partial charge < -0.3 is 5.73 Å². The topological polar surface area (TPSA) is 56.0 Å². The molecule has 0 spiro atoms. The Morgan fingerprint density at radius 2 is 1.56 bits per heavy atom. The molecule has 3 heteroatoms. The zero-order chi connectivity index (χ0) is 11.6. The minimum Gasteiger partial charge on any atom is -0.369 e. The minimum atomic E-state index is -0.286. The molecule has 82 valence electrons. The molecule has 0 fully saturated rings. The van der Waals surface area contributed by atoms with E-state index in [0.29, 0.717) is 6.42 Å². The number of pyridine rings is 1. The molecular formula is C13H14N2O. The van der Waals surface area contributed by atoms with Gasteiger partial charge in [0.15, 0.2) is 0 Å². The molecule has 0 saturated heterocycles. The summed E-state index contributed by atoms with van der Waals surface area (Å²) in [5, 5.41) is 0. The zero-order valence-corrected chi connectivity index (χ0v) is 8.91. The van der Waals surface area contributed by atoms with Crippen LogP contribution in [-0.4, -0.2) is 10.9 Å². The highest BCUT2D eigenvalue weighted by molar-refractivity contribution is 5.76. The van der Waals surface area contributed by atoms with Crippen molar-refractivity contribution in [2.45, 2.75) is 6.42 Å². The van der Waals surface area contributed by atoms with Gasteiger partial charge in [0.25, 0.3) is 0 Å². The quantitative estimate of drug-likeness (QED) is 0.828. The molecule has 0 aliphatic heterocycles. The molecule has 2 aromatic rings. The van der Waals surface area contributed by atoms with Crippen molar-refractivity contribution in [3.63, 3.8) is 0 Å². The lowest BCUT2D eigenvalue weighted by molar-refractivity contribution is -0.117. The van der Waals surface area contributed by atoms with Gasteiger partial charge in [-0.3, -0.25) is 9.78 Å². The first-order chi connectivity index (χ1) is 7.79. The molecule has 0 atom stereocenters. The number of carbonyl (C=O) groups is 1. The summed E-state index contributed by atoms with van der Waals surface area (Å²) in [7, 11) is 0. The maximum absolute atomic E-state index is 10.4. The van der Waals surface area contributed by atoms with Gasteiger partial charge in [-0.15, -0.1) is 0 Å². The molecule has 1 aromatic heterocycles. The highest BCUT2D eigenvalue weighted by atomic mass is 16.1. The second kappa shape index (κ2) is 7.17. The van der Waals surface area contributed by atoms with E-state index in [1.807, 2.05) is 48.5 Å². The van der Waals surface area contributed by atoms with Crippen LogP contribution in [0.4, 0.5) is 0 Å². The number of rotatable bonds is 2. The SMILES string of the molecule is NC(=O)Cc1ccccc1.c1ccncc1. The highest BCUT2D eigenvalue weighted by Crippen LogP contribution is 1.97. The third-order valence-electron chi connectivity index (χ3n) is 1.79. The second-order valence-electron chi connectivity index (χ2n) is 3.15. The van der Waals surface area contributed by atoms with Crippen LogP contribution in [0.1, 0.15) is 5.56 Å². The van der Waals surface area contributed by atoms with E-state index in [4.69, 9.17) is 5.73 Å². The standard InChI is InChI=1S/C8H9NO.C5H5N/c9-8(10)6-7-4-2-1-3-5-7;1-2-4-6-5-3-1/h1-5H,6H2,(H2,9,10);1-5H. The fourth-order valence-corrected chi connectivity index (χ4v) is 1.11. The summed E-state index contributed by atoms with van der Waals surface area (Å²) in [5.41, 5.74) is 5.95. The number of benzene rings is 1. The van der Waals surface area contributed by atoms with Crippen molar-refractivity contribution >= 4 is 5.91 Å². The van der Waals surface area contributed by atoms with Crippen LogP contribution in [-0.2, 0) is 11.2 Å². The summed E-state index contributed by atoms with van der Waals surface area (Å²) < 4.78 is 0. The van der Waals surface area contributed by atoms with Crippen molar-refractivity contribution in [1.82, 2.24) is 4.98 Å². The Labute approximate surface area is 94.9 Å². The van der Waals surface area contributed by atoms with Crippen LogP contribution in [0.2, 0.25) is 0 Å². The van der Waals surface area contributed by atoms with E-state index in [1.165, 1.54) is 0 Å². The largest absolute Gasteiger partial charge is 0.369 e. The van der Waals surface area contributed by atoms with Gasteiger partial charge in [0.1, 0.15) is 0 Å². The number of primary amides is 1. The van der Waals surface area contributed by atoms with Gasteiger partial charge in [-0.2, -0.15) is 0 Å². The first-order valence-corrected chi connectivity index (χ1v) is 4.96. The molecule has 2 rings (SSSR count). The summed E-state index contributed by atoms with van der Waals surface area (Å²) in [6, 6.07) is 15.2. The second-order valence-corrected chi connectivity index (χ2v) is 3.15. The summed E-state index contributed by atoms with van der Waals surface area (Å²) >= 11 is 0. The Balaban J connectivity index is 0.000000181. The molecule has 1 aromatic carbocycles. The number of aromatic nitrogens is 1. The molecular weight excluding hydrogens is 200 g/mol. The van der Waals surface area contributed by atoms with Gasteiger partial charge in [-0.05, 0) is 17.7 Å². The number of hydrogen-bond donors (Lipinski definition) is 1. The molecule has 0 saturated carbocycles. The Hall–Kier alpha value is -2.16. The molecule has 16 heavy (non-hydrogen) atoms. The first kappa shape index (κ1) is 11.9. The molecule has 1 amide bonds. The number of nitrogens with zero attached hydrogens (tertiary/aromatic N) is 1. The van der Waals surface area contributed by atoms with Gasteiger partial charge in [0.05, 0.1) is 6.42 Å². The van der Waals surface area contributed by atoms with Gasteiger partial charge >= 0.3 is 0 Å². The van der Waals surface area contributed by atoms with Crippen molar-refractivity contribution < 1.29 is 4.79 Å². The lowest BCUT2D eigenvalue weighted by Gasteiger charge is -1.93. The Kier molecular flexibility index (Phi) is 5.34. The summed E-state index contributed by atoms with van der Waals surface area (Å²) in [5.74, 6) is -0.286. The monoisotopic (exact) mass is 214 g/mol. The average molecular weight is 214 g/mol. The van der Waals surface area contributed by atoms with Crippen LogP contribution in [0, 0.1) is 0 Å². The van der Waals surface area contributed by atoms with E-state index in [9.17, 15) is 4.79 Å². The van der Waals surface area contributed by atoms with Crippen LogP contribution in [0.3, 0.4) is 0 Å².